The zero-order valence-electron chi connectivity index (χ0n) is 16.2. The first kappa shape index (κ1) is 19.4. The highest BCUT2D eigenvalue weighted by molar-refractivity contribution is 5.17. The Kier molecular flexibility index (Phi) is 4.51. The van der Waals surface area contributed by atoms with Crippen LogP contribution in [0, 0.1) is 29.1 Å². The fraction of sp³-hybridized carbons (Fsp3) is 1.00. The third-order valence-corrected chi connectivity index (χ3v) is 7.01. The lowest BCUT2D eigenvalue weighted by molar-refractivity contribution is 0.0299. The predicted octanol–water partition coefficient (Wildman–Crippen LogP) is 4.21. The van der Waals surface area contributed by atoms with Crippen LogP contribution < -0.4 is 0 Å². The molecular formula is C19H32F4N2. The number of hydrogen-bond donors (Lipinski definition) is 0. The second kappa shape index (κ2) is 5.82. The molecule has 4 aliphatic rings. The average molecular weight is 364 g/mol. The Labute approximate surface area is 148 Å². The van der Waals surface area contributed by atoms with E-state index < -0.39 is 17.3 Å². The van der Waals surface area contributed by atoms with Crippen molar-refractivity contribution in [2.24, 2.45) is 29.1 Å². The second-order valence-corrected chi connectivity index (χ2v) is 9.57. The smallest absolute Gasteiger partial charge is 0.257 e. The number of piperidine rings is 1. The molecule has 0 radical (unpaired) electrons. The Balaban J connectivity index is 0.000000146. The number of halogens is 4. The molecule has 6 heteroatoms. The molecule has 1 spiro atoms. The number of likely N-dealkylation sites (tertiary alicyclic amines) is 2. The normalized spacial score (nSPS) is 44.2. The van der Waals surface area contributed by atoms with E-state index in [4.69, 9.17) is 0 Å². The topological polar surface area (TPSA) is 6.48 Å². The van der Waals surface area contributed by atoms with Gasteiger partial charge in [0.25, 0.3) is 11.8 Å². The zero-order valence-corrected chi connectivity index (χ0v) is 16.2. The lowest BCUT2D eigenvalue weighted by Gasteiger charge is -2.27. The van der Waals surface area contributed by atoms with E-state index >= 15 is 0 Å². The van der Waals surface area contributed by atoms with Crippen LogP contribution in [0.3, 0.4) is 0 Å². The predicted molar refractivity (Wildman–Crippen MR) is 91.1 cm³/mol. The van der Waals surface area contributed by atoms with Crippen LogP contribution >= 0.6 is 0 Å². The minimum Gasteiger partial charge on any atom is -0.302 e. The summed E-state index contributed by atoms with van der Waals surface area (Å²) >= 11 is 0. The van der Waals surface area contributed by atoms with Crippen molar-refractivity contribution in [3.05, 3.63) is 0 Å². The number of hydrogen-bond acceptors (Lipinski definition) is 2. The summed E-state index contributed by atoms with van der Waals surface area (Å²) in [4.78, 5) is 4.18. The largest absolute Gasteiger partial charge is 0.302 e. The van der Waals surface area contributed by atoms with Crippen LogP contribution in [0.15, 0.2) is 0 Å². The summed E-state index contributed by atoms with van der Waals surface area (Å²) in [7, 11) is 3.92. The molecule has 0 N–H and O–H groups in total. The van der Waals surface area contributed by atoms with Crippen molar-refractivity contribution >= 4 is 0 Å². The molecule has 4 rings (SSSR count). The summed E-state index contributed by atoms with van der Waals surface area (Å²) in [6.45, 7) is 9.45. The standard InChI is InChI=1S/C10H17F2N.C9H15F2N/c1-7(2)8-4-9(6-13(8)3)5-10(9,11)12;1-5(2)8-7-6(4-12(8)3)9(7,10)11/h7-8H,4-6H2,1-3H3;5-8H,4H2,1-3H3. The van der Waals surface area contributed by atoms with E-state index in [-0.39, 0.29) is 24.3 Å². The quantitative estimate of drug-likeness (QED) is 0.677. The molecule has 2 heterocycles. The van der Waals surface area contributed by atoms with Gasteiger partial charge in [0.15, 0.2) is 0 Å². The molecule has 0 aromatic carbocycles. The van der Waals surface area contributed by atoms with Crippen LogP contribution in [0.2, 0.25) is 0 Å². The van der Waals surface area contributed by atoms with Crippen molar-refractivity contribution in [3.63, 3.8) is 0 Å². The highest BCUT2D eigenvalue weighted by Gasteiger charge is 2.75. The fourth-order valence-electron chi connectivity index (χ4n) is 5.48. The summed E-state index contributed by atoms with van der Waals surface area (Å²) in [6, 6.07) is 0.457. The Hall–Kier alpha value is -0.360. The highest BCUT2D eigenvalue weighted by Crippen LogP contribution is 2.66. The minimum atomic E-state index is -2.37. The summed E-state index contributed by atoms with van der Waals surface area (Å²) in [5, 5.41) is 0. The lowest BCUT2D eigenvalue weighted by Crippen LogP contribution is -2.37. The van der Waals surface area contributed by atoms with Crippen molar-refractivity contribution in [2.75, 3.05) is 27.2 Å². The molecule has 5 atom stereocenters. The summed E-state index contributed by atoms with van der Waals surface area (Å²) in [6.07, 6.45) is 0.807. The van der Waals surface area contributed by atoms with Crippen LogP contribution in [0.5, 0.6) is 0 Å². The molecule has 0 bridgehead atoms. The van der Waals surface area contributed by atoms with Gasteiger partial charge in [0, 0.05) is 43.4 Å². The van der Waals surface area contributed by atoms with Crippen LogP contribution in [0.25, 0.3) is 0 Å². The van der Waals surface area contributed by atoms with Crippen LogP contribution in [0.1, 0.15) is 40.5 Å². The number of rotatable bonds is 2. The van der Waals surface area contributed by atoms with E-state index in [1.54, 1.807) is 0 Å². The van der Waals surface area contributed by atoms with Crippen LogP contribution in [-0.2, 0) is 0 Å². The molecule has 2 aliphatic heterocycles. The SMILES string of the molecule is CC(C)C1C2C(CN1C)C2(F)F.CC(C)C1CC2(CN1C)CC2(F)F. The summed E-state index contributed by atoms with van der Waals surface area (Å²) < 4.78 is 52.1. The van der Waals surface area contributed by atoms with Gasteiger partial charge in [0.2, 0.25) is 0 Å². The molecule has 25 heavy (non-hydrogen) atoms. The number of nitrogens with zero attached hydrogens (tertiary/aromatic N) is 2. The molecule has 2 aliphatic carbocycles. The van der Waals surface area contributed by atoms with Crippen LogP contribution in [0.4, 0.5) is 17.6 Å². The Morgan fingerprint density at radius 2 is 1.48 bits per heavy atom. The third kappa shape index (κ3) is 3.01. The van der Waals surface area contributed by atoms with E-state index in [1.165, 1.54) is 0 Å². The van der Waals surface area contributed by atoms with Crippen molar-refractivity contribution in [3.8, 4) is 0 Å². The molecule has 5 unspecified atom stereocenters. The maximum atomic E-state index is 13.1. The molecule has 0 aromatic rings. The molecule has 2 saturated heterocycles. The molecule has 2 saturated carbocycles. The molecule has 4 fully saturated rings. The summed E-state index contributed by atoms with van der Waals surface area (Å²) in [5.41, 5.74) is -0.642. The maximum Gasteiger partial charge on any atom is 0.257 e. The van der Waals surface area contributed by atoms with Crippen molar-refractivity contribution in [2.45, 2.75) is 64.5 Å². The second-order valence-electron chi connectivity index (χ2n) is 9.57. The lowest BCUT2D eigenvalue weighted by atomic mass is 9.95. The summed E-state index contributed by atoms with van der Waals surface area (Å²) in [5.74, 6) is -4.57. The molecular weight excluding hydrogens is 332 g/mol. The zero-order chi connectivity index (χ0) is 18.9. The van der Waals surface area contributed by atoms with E-state index in [0.29, 0.717) is 37.4 Å². The van der Waals surface area contributed by atoms with Gasteiger partial charge in [0.05, 0.1) is 5.41 Å². The van der Waals surface area contributed by atoms with E-state index in [2.05, 4.69) is 23.6 Å². The van der Waals surface area contributed by atoms with Gasteiger partial charge in [-0.15, -0.1) is 0 Å². The van der Waals surface area contributed by atoms with E-state index in [9.17, 15) is 17.6 Å². The van der Waals surface area contributed by atoms with Gasteiger partial charge in [-0.2, -0.15) is 0 Å². The van der Waals surface area contributed by atoms with Crippen molar-refractivity contribution in [1.82, 2.24) is 9.80 Å². The highest BCUT2D eigenvalue weighted by atomic mass is 19.3. The van der Waals surface area contributed by atoms with Gasteiger partial charge >= 0.3 is 0 Å². The van der Waals surface area contributed by atoms with Gasteiger partial charge in [-0.1, -0.05) is 27.7 Å². The van der Waals surface area contributed by atoms with Gasteiger partial charge in [-0.3, -0.25) is 0 Å². The van der Waals surface area contributed by atoms with Gasteiger partial charge in [-0.05, 0) is 32.4 Å². The molecule has 2 nitrogen and oxygen atoms in total. The monoisotopic (exact) mass is 364 g/mol. The first-order valence-electron chi connectivity index (χ1n) is 9.50. The van der Waals surface area contributed by atoms with Gasteiger partial charge in [0.1, 0.15) is 0 Å². The van der Waals surface area contributed by atoms with Crippen molar-refractivity contribution < 1.29 is 17.6 Å². The first-order valence-corrected chi connectivity index (χ1v) is 9.50. The Morgan fingerprint density at radius 1 is 0.920 bits per heavy atom. The van der Waals surface area contributed by atoms with Crippen molar-refractivity contribution in [1.29, 1.82) is 0 Å². The van der Waals surface area contributed by atoms with Crippen LogP contribution in [-0.4, -0.2) is 60.9 Å². The average Bonchev–Trinajstić information content (AvgIpc) is 2.98. The minimum absolute atomic E-state index is 0.102. The first-order chi connectivity index (χ1) is 11.3. The van der Waals surface area contributed by atoms with Gasteiger partial charge in [-0.25, -0.2) is 17.6 Å². The Morgan fingerprint density at radius 3 is 1.76 bits per heavy atom. The van der Waals surface area contributed by atoms with E-state index in [0.717, 1.165) is 0 Å². The number of alkyl halides is 4. The third-order valence-electron chi connectivity index (χ3n) is 7.01. The molecule has 146 valence electrons. The number of fused-ring (bicyclic) bond motifs is 1. The maximum absolute atomic E-state index is 13.1. The van der Waals surface area contributed by atoms with Gasteiger partial charge < -0.3 is 9.80 Å². The molecule has 0 amide bonds. The van der Waals surface area contributed by atoms with E-state index in [1.807, 2.05) is 27.9 Å². The Bertz CT molecular complexity index is 522. The molecule has 0 aromatic heterocycles. The fourth-order valence-corrected chi connectivity index (χ4v) is 5.48.